The van der Waals surface area contributed by atoms with Gasteiger partial charge >= 0.3 is 0 Å². The number of hydrogen-bond acceptors (Lipinski definition) is 5. The van der Waals surface area contributed by atoms with Crippen molar-refractivity contribution in [2.24, 2.45) is 0 Å². The lowest BCUT2D eigenvalue weighted by molar-refractivity contribution is -0.130. The van der Waals surface area contributed by atoms with Crippen molar-refractivity contribution in [1.29, 1.82) is 0 Å². The fourth-order valence-corrected chi connectivity index (χ4v) is 4.73. The second-order valence-electron chi connectivity index (χ2n) is 9.81. The van der Waals surface area contributed by atoms with Crippen molar-refractivity contribution in [3.05, 3.63) is 24.3 Å². The first-order valence-corrected chi connectivity index (χ1v) is 15.8. The van der Waals surface area contributed by atoms with Crippen LogP contribution in [0.1, 0.15) is 123 Å². The molecule has 0 aliphatic rings. The van der Waals surface area contributed by atoms with Crippen LogP contribution in [0.5, 0.6) is 0 Å². The standard InChI is InChI=1S/C28H53NO6S/c1-3-5-7-9-11-13-15-17-19-21-23-27(31)28(32)29-25(24-36(33,34)35)26(30)22-20-18-16-14-12-10-8-6-4-2/h12,14,20,22,25-27,30-31H,3-11,13,15-19,21,23-24H2,1-2H3,(H,29,32)(H,33,34,35)/b14-12+,22-20+. The van der Waals surface area contributed by atoms with Crippen molar-refractivity contribution >= 4 is 16.0 Å². The first-order chi connectivity index (χ1) is 17.2. The average molecular weight is 532 g/mol. The summed E-state index contributed by atoms with van der Waals surface area (Å²) < 4.78 is 32.0. The Hall–Kier alpha value is -1.22. The number of amides is 1. The van der Waals surface area contributed by atoms with Crippen LogP contribution in [-0.2, 0) is 14.9 Å². The zero-order valence-electron chi connectivity index (χ0n) is 22.7. The predicted octanol–water partition coefficient (Wildman–Crippen LogP) is 5.86. The zero-order valence-corrected chi connectivity index (χ0v) is 23.6. The number of carbonyl (C=O) groups is 1. The second kappa shape index (κ2) is 22.9. The van der Waals surface area contributed by atoms with Crippen molar-refractivity contribution in [2.75, 3.05) is 5.75 Å². The molecule has 0 fully saturated rings. The van der Waals surface area contributed by atoms with Crippen LogP contribution in [0.3, 0.4) is 0 Å². The van der Waals surface area contributed by atoms with E-state index in [1.165, 1.54) is 63.9 Å². The molecule has 3 atom stereocenters. The number of carbonyl (C=O) groups excluding carboxylic acids is 1. The second-order valence-corrected chi connectivity index (χ2v) is 11.3. The Morgan fingerprint density at radius 2 is 1.25 bits per heavy atom. The SMILES string of the molecule is CCCCC/C=C/CC/C=C/C(O)C(CS(=O)(=O)O)NC(=O)C(O)CCCCCCCCCCCC. The van der Waals surface area contributed by atoms with E-state index >= 15 is 0 Å². The van der Waals surface area contributed by atoms with E-state index in [0.717, 1.165) is 32.1 Å². The van der Waals surface area contributed by atoms with Gasteiger partial charge in [-0.05, 0) is 32.1 Å². The quantitative estimate of drug-likeness (QED) is 0.0702. The molecule has 0 aromatic heterocycles. The van der Waals surface area contributed by atoms with Gasteiger partial charge in [-0.25, -0.2) is 0 Å². The molecule has 0 saturated heterocycles. The molecule has 36 heavy (non-hydrogen) atoms. The van der Waals surface area contributed by atoms with Crippen LogP contribution in [0.15, 0.2) is 24.3 Å². The van der Waals surface area contributed by atoms with Crippen LogP contribution in [0.2, 0.25) is 0 Å². The fourth-order valence-electron chi connectivity index (χ4n) is 4.00. The third-order valence-electron chi connectivity index (χ3n) is 6.24. The molecular formula is C28H53NO6S. The van der Waals surface area contributed by atoms with E-state index in [4.69, 9.17) is 0 Å². The maximum atomic E-state index is 12.4. The summed E-state index contributed by atoms with van der Waals surface area (Å²) in [5, 5.41) is 23.0. The highest BCUT2D eigenvalue weighted by atomic mass is 32.2. The first-order valence-electron chi connectivity index (χ1n) is 14.1. The Labute approximate surface area is 220 Å². The van der Waals surface area contributed by atoms with Crippen molar-refractivity contribution < 1.29 is 28.0 Å². The fraction of sp³-hybridized carbons (Fsp3) is 0.821. The van der Waals surface area contributed by atoms with Gasteiger partial charge < -0.3 is 15.5 Å². The topological polar surface area (TPSA) is 124 Å². The van der Waals surface area contributed by atoms with Gasteiger partial charge in [-0.2, -0.15) is 8.42 Å². The maximum Gasteiger partial charge on any atom is 0.267 e. The molecule has 0 aliphatic carbocycles. The summed E-state index contributed by atoms with van der Waals surface area (Å²) in [6.45, 7) is 4.37. The minimum absolute atomic E-state index is 0.275. The lowest BCUT2D eigenvalue weighted by atomic mass is 10.0. The molecule has 0 aromatic rings. The van der Waals surface area contributed by atoms with Gasteiger partial charge in [-0.3, -0.25) is 9.35 Å². The summed E-state index contributed by atoms with van der Waals surface area (Å²) in [6, 6.07) is -1.24. The number of unbranched alkanes of at least 4 members (excludes halogenated alkanes) is 13. The number of hydrogen-bond donors (Lipinski definition) is 4. The summed E-state index contributed by atoms with van der Waals surface area (Å²) in [4.78, 5) is 12.4. The molecule has 0 aromatic carbocycles. The van der Waals surface area contributed by atoms with Crippen LogP contribution in [-0.4, -0.2) is 53.1 Å². The molecule has 212 valence electrons. The van der Waals surface area contributed by atoms with E-state index in [1.54, 1.807) is 6.08 Å². The van der Waals surface area contributed by atoms with Gasteiger partial charge in [-0.15, -0.1) is 0 Å². The number of nitrogens with one attached hydrogen (secondary N) is 1. The van der Waals surface area contributed by atoms with E-state index in [-0.39, 0.29) is 6.42 Å². The summed E-state index contributed by atoms with van der Waals surface area (Å²) in [5.41, 5.74) is 0. The smallest absolute Gasteiger partial charge is 0.267 e. The molecule has 0 spiro atoms. The number of rotatable bonds is 24. The first kappa shape index (κ1) is 34.8. The van der Waals surface area contributed by atoms with Crippen molar-refractivity contribution in [3.8, 4) is 0 Å². The van der Waals surface area contributed by atoms with Crippen LogP contribution in [0.4, 0.5) is 0 Å². The van der Waals surface area contributed by atoms with Crippen molar-refractivity contribution in [1.82, 2.24) is 5.32 Å². The van der Waals surface area contributed by atoms with E-state index in [2.05, 4.69) is 31.3 Å². The molecule has 0 heterocycles. The molecule has 1 amide bonds. The van der Waals surface area contributed by atoms with E-state index < -0.39 is 40.0 Å². The van der Waals surface area contributed by atoms with Gasteiger partial charge in [0.25, 0.3) is 10.1 Å². The van der Waals surface area contributed by atoms with Gasteiger partial charge in [0.15, 0.2) is 0 Å². The van der Waals surface area contributed by atoms with Crippen molar-refractivity contribution in [3.63, 3.8) is 0 Å². The lowest BCUT2D eigenvalue weighted by Crippen LogP contribution is -2.50. The van der Waals surface area contributed by atoms with Crippen LogP contribution < -0.4 is 5.32 Å². The van der Waals surface area contributed by atoms with Crippen LogP contribution >= 0.6 is 0 Å². The molecule has 0 bridgehead atoms. The molecular weight excluding hydrogens is 478 g/mol. The third kappa shape index (κ3) is 22.0. The predicted molar refractivity (Wildman–Crippen MR) is 148 cm³/mol. The normalized spacial score (nSPS) is 14.9. The summed E-state index contributed by atoms with van der Waals surface area (Å²) in [7, 11) is -4.43. The molecule has 8 heteroatoms. The Balaban J connectivity index is 4.37. The van der Waals surface area contributed by atoms with E-state index in [0.29, 0.717) is 12.8 Å². The zero-order chi connectivity index (χ0) is 27.1. The Kier molecular flexibility index (Phi) is 22.2. The van der Waals surface area contributed by atoms with Gasteiger partial charge in [0.1, 0.15) is 6.10 Å². The van der Waals surface area contributed by atoms with Crippen LogP contribution in [0.25, 0.3) is 0 Å². The molecule has 0 radical (unpaired) electrons. The Morgan fingerprint density at radius 3 is 1.83 bits per heavy atom. The van der Waals surface area contributed by atoms with Crippen LogP contribution in [0, 0.1) is 0 Å². The summed E-state index contributed by atoms with van der Waals surface area (Å²) in [6.07, 6.45) is 22.6. The van der Waals surface area contributed by atoms with Crippen molar-refractivity contribution in [2.45, 2.75) is 141 Å². The van der Waals surface area contributed by atoms with Gasteiger partial charge in [0.2, 0.25) is 5.91 Å². The summed E-state index contributed by atoms with van der Waals surface area (Å²) in [5.74, 6) is -1.56. The minimum Gasteiger partial charge on any atom is -0.387 e. The Bertz CT molecular complexity index is 692. The lowest BCUT2D eigenvalue weighted by Gasteiger charge is -2.22. The molecule has 0 rings (SSSR count). The van der Waals surface area contributed by atoms with E-state index in [9.17, 15) is 28.0 Å². The largest absolute Gasteiger partial charge is 0.387 e. The average Bonchev–Trinajstić information content (AvgIpc) is 2.82. The summed E-state index contributed by atoms with van der Waals surface area (Å²) >= 11 is 0. The van der Waals surface area contributed by atoms with Gasteiger partial charge in [0.05, 0.1) is 17.9 Å². The molecule has 7 nitrogen and oxygen atoms in total. The highest BCUT2D eigenvalue weighted by molar-refractivity contribution is 7.85. The highest BCUT2D eigenvalue weighted by Gasteiger charge is 2.27. The molecule has 3 unspecified atom stereocenters. The maximum absolute atomic E-state index is 12.4. The molecule has 0 saturated carbocycles. The number of aliphatic hydroxyl groups is 2. The van der Waals surface area contributed by atoms with E-state index in [1.807, 2.05) is 0 Å². The van der Waals surface area contributed by atoms with Gasteiger partial charge in [0, 0.05) is 0 Å². The molecule has 4 N–H and O–H groups in total. The Morgan fingerprint density at radius 1 is 0.750 bits per heavy atom. The monoisotopic (exact) mass is 531 g/mol. The number of aliphatic hydroxyl groups excluding tert-OH is 2. The number of allylic oxidation sites excluding steroid dienone is 3. The molecule has 0 aliphatic heterocycles. The minimum atomic E-state index is -4.43. The third-order valence-corrected chi connectivity index (χ3v) is 7.02. The van der Waals surface area contributed by atoms with Gasteiger partial charge in [-0.1, -0.05) is 115 Å². The highest BCUT2D eigenvalue weighted by Crippen LogP contribution is 2.12.